The molecule has 0 saturated carbocycles. The van der Waals surface area contributed by atoms with E-state index in [0.717, 1.165) is 64.0 Å². The number of aromatic nitrogens is 2. The number of hydrogen-bond acceptors (Lipinski definition) is 3. The molecule has 1 unspecified atom stereocenters. The van der Waals surface area contributed by atoms with Gasteiger partial charge in [-0.15, -0.1) is 0 Å². The van der Waals surface area contributed by atoms with Gasteiger partial charge in [-0.2, -0.15) is 0 Å². The number of carbonyl (C=O) groups excluding carboxylic acids is 2. The summed E-state index contributed by atoms with van der Waals surface area (Å²) in [5.74, 6) is 1.31. The lowest BCUT2D eigenvalue weighted by Crippen LogP contribution is -2.46. The number of nitrogens with zero attached hydrogens (tertiary/aromatic N) is 4. The van der Waals surface area contributed by atoms with Crippen LogP contribution in [0.1, 0.15) is 57.3 Å². The largest absolute Gasteiger partial charge is 0.339 e. The van der Waals surface area contributed by atoms with Crippen LogP contribution in [0.25, 0.3) is 0 Å². The summed E-state index contributed by atoms with van der Waals surface area (Å²) < 4.78 is 2.22. The Bertz CT molecular complexity index is 583. The molecule has 24 heavy (non-hydrogen) atoms. The fourth-order valence-electron chi connectivity index (χ4n) is 3.83. The van der Waals surface area contributed by atoms with Crippen molar-refractivity contribution in [1.82, 2.24) is 19.4 Å². The molecule has 0 N–H and O–H groups in total. The lowest BCUT2D eigenvalue weighted by molar-refractivity contribution is -0.141. The number of piperidine rings is 1. The molecule has 2 saturated heterocycles. The maximum Gasteiger partial charge on any atom is 0.242 e. The number of aryl methyl sites for hydroxylation is 1. The highest BCUT2D eigenvalue weighted by molar-refractivity contribution is 5.85. The van der Waals surface area contributed by atoms with Crippen LogP contribution in [0.2, 0.25) is 0 Å². The van der Waals surface area contributed by atoms with Crippen molar-refractivity contribution >= 4 is 11.8 Å². The Morgan fingerprint density at radius 2 is 2.12 bits per heavy atom. The molecule has 2 amide bonds. The van der Waals surface area contributed by atoms with Gasteiger partial charge in [0.25, 0.3) is 0 Å². The van der Waals surface area contributed by atoms with Crippen LogP contribution in [0.3, 0.4) is 0 Å². The van der Waals surface area contributed by atoms with Gasteiger partial charge in [0.05, 0.1) is 12.6 Å². The molecule has 1 aromatic heterocycles. The zero-order valence-electron chi connectivity index (χ0n) is 14.6. The Kier molecular flexibility index (Phi) is 5.53. The maximum absolute atomic E-state index is 12.7. The summed E-state index contributed by atoms with van der Waals surface area (Å²) in [5, 5.41) is 0. The number of imidazole rings is 1. The smallest absolute Gasteiger partial charge is 0.242 e. The van der Waals surface area contributed by atoms with Gasteiger partial charge in [0, 0.05) is 44.9 Å². The van der Waals surface area contributed by atoms with Gasteiger partial charge in [-0.3, -0.25) is 9.59 Å². The molecule has 6 nitrogen and oxygen atoms in total. The molecule has 1 atom stereocenters. The van der Waals surface area contributed by atoms with Crippen LogP contribution in [-0.2, 0) is 16.0 Å². The number of likely N-dealkylation sites (tertiary alicyclic amines) is 2. The van der Waals surface area contributed by atoms with Gasteiger partial charge in [0.15, 0.2) is 0 Å². The summed E-state index contributed by atoms with van der Waals surface area (Å²) in [5.41, 5.74) is 0. The number of amides is 2. The zero-order chi connectivity index (χ0) is 16.9. The third-order valence-corrected chi connectivity index (χ3v) is 5.21. The molecule has 0 spiro atoms. The first-order chi connectivity index (χ1) is 11.7. The fourth-order valence-corrected chi connectivity index (χ4v) is 3.83. The van der Waals surface area contributed by atoms with Gasteiger partial charge in [-0.25, -0.2) is 4.98 Å². The topological polar surface area (TPSA) is 58.4 Å². The van der Waals surface area contributed by atoms with E-state index in [1.165, 1.54) is 0 Å². The Morgan fingerprint density at radius 3 is 2.96 bits per heavy atom. The summed E-state index contributed by atoms with van der Waals surface area (Å²) in [6.07, 6.45) is 10.5. The van der Waals surface area contributed by atoms with E-state index in [2.05, 4.69) is 16.5 Å². The summed E-state index contributed by atoms with van der Waals surface area (Å²) in [7, 11) is 0. The second kappa shape index (κ2) is 7.81. The predicted molar refractivity (Wildman–Crippen MR) is 91.5 cm³/mol. The van der Waals surface area contributed by atoms with Crippen molar-refractivity contribution in [3.8, 4) is 0 Å². The average Bonchev–Trinajstić information content (AvgIpc) is 3.00. The molecule has 1 aromatic rings. The van der Waals surface area contributed by atoms with Crippen LogP contribution in [-0.4, -0.2) is 57.3 Å². The van der Waals surface area contributed by atoms with Gasteiger partial charge in [0.1, 0.15) is 5.82 Å². The van der Waals surface area contributed by atoms with Gasteiger partial charge in [0.2, 0.25) is 11.8 Å². The molecule has 2 fully saturated rings. The van der Waals surface area contributed by atoms with Gasteiger partial charge < -0.3 is 14.4 Å². The fraction of sp³-hybridized carbons (Fsp3) is 0.722. The average molecular weight is 332 g/mol. The van der Waals surface area contributed by atoms with E-state index >= 15 is 0 Å². The molecular formula is C18H28N4O2. The quantitative estimate of drug-likeness (QED) is 0.847. The molecule has 2 aliphatic heterocycles. The van der Waals surface area contributed by atoms with E-state index in [-0.39, 0.29) is 18.4 Å². The first-order valence-corrected chi connectivity index (χ1v) is 9.26. The van der Waals surface area contributed by atoms with Gasteiger partial charge >= 0.3 is 0 Å². The minimum Gasteiger partial charge on any atom is -0.339 e. The summed E-state index contributed by atoms with van der Waals surface area (Å²) in [6.45, 7) is 4.60. The number of rotatable bonds is 4. The molecule has 2 aliphatic rings. The maximum atomic E-state index is 12.7. The second-order valence-corrected chi connectivity index (χ2v) is 6.87. The van der Waals surface area contributed by atoms with Crippen molar-refractivity contribution in [1.29, 1.82) is 0 Å². The molecule has 0 radical (unpaired) electrons. The van der Waals surface area contributed by atoms with Crippen molar-refractivity contribution in [2.24, 2.45) is 0 Å². The Hall–Kier alpha value is -1.85. The standard InChI is InChI=1S/C18H28N4O2/c1-2-16-19-9-12-22(16)15-7-6-11-20(13-15)18(24)14-21-10-5-3-4-8-17(21)23/h9,12,15H,2-8,10-11,13-14H2,1H3. The van der Waals surface area contributed by atoms with Crippen LogP contribution in [0.5, 0.6) is 0 Å². The van der Waals surface area contributed by atoms with Gasteiger partial charge in [-0.05, 0) is 25.7 Å². The van der Waals surface area contributed by atoms with E-state index in [4.69, 9.17) is 0 Å². The lowest BCUT2D eigenvalue weighted by atomic mass is 10.0. The SMILES string of the molecule is CCc1nccn1C1CCCN(C(=O)CN2CCCCCC2=O)C1. The lowest BCUT2D eigenvalue weighted by Gasteiger charge is -2.35. The molecule has 3 heterocycles. The highest BCUT2D eigenvalue weighted by atomic mass is 16.2. The second-order valence-electron chi connectivity index (χ2n) is 6.87. The van der Waals surface area contributed by atoms with Crippen LogP contribution in [0.4, 0.5) is 0 Å². The van der Waals surface area contributed by atoms with E-state index in [9.17, 15) is 9.59 Å². The number of hydrogen-bond donors (Lipinski definition) is 0. The predicted octanol–water partition coefficient (Wildman–Crippen LogP) is 2.01. The van der Waals surface area contributed by atoms with Crippen LogP contribution in [0, 0.1) is 0 Å². The molecule has 0 aromatic carbocycles. The van der Waals surface area contributed by atoms with E-state index in [0.29, 0.717) is 12.5 Å². The monoisotopic (exact) mass is 332 g/mol. The molecule has 132 valence electrons. The third kappa shape index (κ3) is 3.79. The highest BCUT2D eigenvalue weighted by Gasteiger charge is 2.28. The molecular weight excluding hydrogens is 304 g/mol. The van der Waals surface area contributed by atoms with Crippen LogP contribution >= 0.6 is 0 Å². The normalized spacial score (nSPS) is 22.5. The highest BCUT2D eigenvalue weighted by Crippen LogP contribution is 2.23. The minimum absolute atomic E-state index is 0.0908. The van der Waals surface area contributed by atoms with E-state index in [1.807, 2.05) is 17.3 Å². The van der Waals surface area contributed by atoms with Crippen molar-refractivity contribution in [2.45, 2.75) is 57.9 Å². The molecule has 3 rings (SSSR count). The first kappa shape index (κ1) is 17.0. The number of carbonyl (C=O) groups is 2. The molecule has 6 heteroatoms. The van der Waals surface area contributed by atoms with Crippen LogP contribution < -0.4 is 0 Å². The Labute approximate surface area is 143 Å². The minimum atomic E-state index is 0.0908. The van der Waals surface area contributed by atoms with Crippen molar-refractivity contribution in [2.75, 3.05) is 26.2 Å². The summed E-state index contributed by atoms with van der Waals surface area (Å²) in [4.78, 5) is 32.9. The van der Waals surface area contributed by atoms with E-state index < -0.39 is 0 Å². The van der Waals surface area contributed by atoms with Crippen molar-refractivity contribution in [3.63, 3.8) is 0 Å². The van der Waals surface area contributed by atoms with Crippen molar-refractivity contribution in [3.05, 3.63) is 18.2 Å². The summed E-state index contributed by atoms with van der Waals surface area (Å²) >= 11 is 0. The third-order valence-electron chi connectivity index (χ3n) is 5.21. The van der Waals surface area contributed by atoms with E-state index in [1.54, 1.807) is 4.90 Å². The van der Waals surface area contributed by atoms with Crippen molar-refractivity contribution < 1.29 is 9.59 Å². The molecule has 0 bridgehead atoms. The van der Waals surface area contributed by atoms with Gasteiger partial charge in [-0.1, -0.05) is 13.3 Å². The molecule has 0 aliphatic carbocycles. The Balaban J connectivity index is 1.61. The zero-order valence-corrected chi connectivity index (χ0v) is 14.6. The van der Waals surface area contributed by atoms with Crippen LogP contribution in [0.15, 0.2) is 12.4 Å². The first-order valence-electron chi connectivity index (χ1n) is 9.26. The Morgan fingerprint density at radius 1 is 1.25 bits per heavy atom. The summed E-state index contributed by atoms with van der Waals surface area (Å²) in [6, 6.07) is 0.306.